The van der Waals surface area contributed by atoms with Crippen LogP contribution in [0.2, 0.25) is 0 Å². The van der Waals surface area contributed by atoms with Gasteiger partial charge in [0.15, 0.2) is 0 Å². The van der Waals surface area contributed by atoms with Crippen molar-refractivity contribution in [2.45, 2.75) is 39.7 Å². The van der Waals surface area contributed by atoms with E-state index in [1.165, 1.54) is 29.9 Å². The van der Waals surface area contributed by atoms with E-state index in [0.717, 1.165) is 0 Å². The van der Waals surface area contributed by atoms with E-state index in [9.17, 15) is 0 Å². The fourth-order valence-electron chi connectivity index (χ4n) is 2.23. The van der Waals surface area contributed by atoms with Gasteiger partial charge in [-0.25, -0.2) is 0 Å². The minimum absolute atomic E-state index is 0.609. The average molecular weight is 193 g/mol. The van der Waals surface area contributed by atoms with E-state index < -0.39 is 0 Å². The molecule has 0 amide bonds. The first kappa shape index (κ1) is 9.56. The molecular weight excluding hydrogens is 174 g/mol. The molecule has 0 radical (unpaired) electrons. The number of rotatable bonds is 1. The van der Waals surface area contributed by atoms with Crippen molar-refractivity contribution in [3.05, 3.63) is 11.3 Å². The third kappa shape index (κ3) is 1.41. The van der Waals surface area contributed by atoms with Gasteiger partial charge >= 0.3 is 0 Å². The quantitative estimate of drug-likeness (QED) is 0.740. The van der Waals surface area contributed by atoms with Crippen molar-refractivity contribution in [2.75, 3.05) is 5.32 Å². The van der Waals surface area contributed by atoms with Gasteiger partial charge in [0.25, 0.3) is 0 Å². The molecule has 78 valence electrons. The largest absolute Gasteiger partial charge is 0.367 e. The molecule has 0 bridgehead atoms. The van der Waals surface area contributed by atoms with Crippen LogP contribution in [0.25, 0.3) is 0 Å². The molecule has 1 aromatic rings. The summed E-state index contributed by atoms with van der Waals surface area (Å²) in [6.45, 7) is 6.63. The lowest BCUT2D eigenvalue weighted by atomic mass is 9.93. The summed E-state index contributed by atoms with van der Waals surface area (Å²) in [5.74, 6) is 1.92. The number of hydrogen-bond donors (Lipinski definition) is 1. The molecule has 0 aromatic carbocycles. The first-order valence-electron chi connectivity index (χ1n) is 5.38. The van der Waals surface area contributed by atoms with Crippen molar-refractivity contribution in [2.24, 2.45) is 13.0 Å². The molecule has 1 atom stereocenters. The van der Waals surface area contributed by atoms with E-state index in [-0.39, 0.29) is 0 Å². The monoisotopic (exact) mass is 193 g/mol. The Labute approximate surface area is 85.5 Å². The van der Waals surface area contributed by atoms with Crippen LogP contribution in [-0.4, -0.2) is 15.8 Å². The van der Waals surface area contributed by atoms with Crippen molar-refractivity contribution in [3.8, 4) is 0 Å². The highest BCUT2D eigenvalue weighted by Gasteiger charge is 2.24. The van der Waals surface area contributed by atoms with Gasteiger partial charge < -0.3 is 5.32 Å². The lowest BCUT2D eigenvalue weighted by Gasteiger charge is -2.28. The number of aryl methyl sites for hydroxylation is 2. The van der Waals surface area contributed by atoms with Crippen molar-refractivity contribution >= 4 is 5.82 Å². The molecule has 1 aliphatic rings. The summed E-state index contributed by atoms with van der Waals surface area (Å²) in [5, 5.41) is 8.03. The van der Waals surface area contributed by atoms with E-state index in [2.05, 4.69) is 31.2 Å². The van der Waals surface area contributed by atoms with Gasteiger partial charge in [-0.05, 0) is 25.7 Å². The Morgan fingerprint density at radius 1 is 1.50 bits per heavy atom. The van der Waals surface area contributed by atoms with Crippen LogP contribution in [0.15, 0.2) is 0 Å². The van der Waals surface area contributed by atoms with Gasteiger partial charge in [-0.3, -0.25) is 4.68 Å². The lowest BCUT2D eigenvalue weighted by molar-refractivity contribution is 0.478. The van der Waals surface area contributed by atoms with Gasteiger partial charge in [-0.2, -0.15) is 5.10 Å². The number of aromatic nitrogens is 2. The summed E-state index contributed by atoms with van der Waals surface area (Å²) in [6, 6.07) is 0.609. The highest BCUT2D eigenvalue weighted by molar-refractivity contribution is 5.50. The maximum Gasteiger partial charge on any atom is 0.127 e. The summed E-state index contributed by atoms with van der Waals surface area (Å²) in [7, 11) is 2.02. The van der Waals surface area contributed by atoms with E-state index in [1.807, 2.05) is 11.7 Å². The normalized spacial score (nSPS) is 20.8. The second-order valence-corrected chi connectivity index (χ2v) is 4.57. The van der Waals surface area contributed by atoms with Crippen molar-refractivity contribution in [1.82, 2.24) is 9.78 Å². The van der Waals surface area contributed by atoms with Gasteiger partial charge in [0.2, 0.25) is 0 Å². The zero-order valence-electron chi connectivity index (χ0n) is 9.46. The van der Waals surface area contributed by atoms with Crippen LogP contribution in [0.3, 0.4) is 0 Å². The smallest absolute Gasteiger partial charge is 0.127 e. The summed E-state index contributed by atoms with van der Waals surface area (Å²) in [6.07, 6.45) is 2.40. The Morgan fingerprint density at radius 3 is 2.86 bits per heavy atom. The molecule has 1 aliphatic heterocycles. The van der Waals surface area contributed by atoms with E-state index in [0.29, 0.717) is 12.0 Å². The Balaban J connectivity index is 2.30. The van der Waals surface area contributed by atoms with E-state index in [1.54, 1.807) is 0 Å². The Hall–Kier alpha value is -0.990. The van der Waals surface area contributed by atoms with Crippen LogP contribution in [0, 0.1) is 12.8 Å². The van der Waals surface area contributed by atoms with Crippen LogP contribution < -0.4 is 5.32 Å². The average Bonchev–Trinajstić information content (AvgIpc) is 2.42. The summed E-state index contributed by atoms with van der Waals surface area (Å²) in [5.41, 5.74) is 2.58. The van der Waals surface area contributed by atoms with Crippen molar-refractivity contribution < 1.29 is 0 Å². The summed E-state index contributed by atoms with van der Waals surface area (Å²) < 4.78 is 1.97. The number of hydrogen-bond acceptors (Lipinski definition) is 2. The molecule has 1 aromatic heterocycles. The Morgan fingerprint density at radius 2 is 2.21 bits per heavy atom. The third-order valence-electron chi connectivity index (χ3n) is 3.18. The van der Waals surface area contributed by atoms with E-state index in [4.69, 9.17) is 0 Å². The SMILES string of the molecule is Cc1nn(C)c2c1CCC(C(C)C)N2. The second-order valence-electron chi connectivity index (χ2n) is 4.57. The maximum atomic E-state index is 4.44. The van der Waals surface area contributed by atoms with Crippen molar-refractivity contribution in [3.63, 3.8) is 0 Å². The van der Waals surface area contributed by atoms with Gasteiger partial charge in [0, 0.05) is 18.7 Å². The molecule has 0 aliphatic carbocycles. The van der Waals surface area contributed by atoms with Crippen LogP contribution in [-0.2, 0) is 13.5 Å². The molecule has 0 spiro atoms. The predicted molar refractivity (Wildman–Crippen MR) is 58.5 cm³/mol. The molecule has 1 N–H and O–H groups in total. The van der Waals surface area contributed by atoms with Crippen LogP contribution >= 0.6 is 0 Å². The molecule has 2 heterocycles. The minimum Gasteiger partial charge on any atom is -0.367 e. The maximum absolute atomic E-state index is 4.44. The molecule has 3 nitrogen and oxygen atoms in total. The highest BCUT2D eigenvalue weighted by Crippen LogP contribution is 2.29. The first-order valence-corrected chi connectivity index (χ1v) is 5.38. The molecule has 0 saturated carbocycles. The molecular formula is C11H19N3. The van der Waals surface area contributed by atoms with Gasteiger partial charge in [0.1, 0.15) is 5.82 Å². The molecule has 1 unspecified atom stereocenters. The molecule has 0 saturated heterocycles. The summed E-state index contributed by atoms with van der Waals surface area (Å²) >= 11 is 0. The highest BCUT2D eigenvalue weighted by atomic mass is 15.3. The van der Waals surface area contributed by atoms with Crippen LogP contribution in [0.1, 0.15) is 31.5 Å². The third-order valence-corrected chi connectivity index (χ3v) is 3.18. The molecule has 14 heavy (non-hydrogen) atoms. The van der Waals surface area contributed by atoms with Crippen LogP contribution in [0.4, 0.5) is 5.82 Å². The van der Waals surface area contributed by atoms with E-state index >= 15 is 0 Å². The minimum atomic E-state index is 0.609. The zero-order chi connectivity index (χ0) is 10.3. The number of nitrogens with one attached hydrogen (secondary N) is 1. The summed E-state index contributed by atoms with van der Waals surface area (Å²) in [4.78, 5) is 0. The van der Waals surface area contributed by atoms with Gasteiger partial charge in [-0.15, -0.1) is 0 Å². The van der Waals surface area contributed by atoms with Crippen molar-refractivity contribution in [1.29, 1.82) is 0 Å². The first-order chi connectivity index (χ1) is 6.59. The van der Waals surface area contributed by atoms with Crippen LogP contribution in [0.5, 0.6) is 0 Å². The Bertz CT molecular complexity index is 339. The fourth-order valence-corrected chi connectivity index (χ4v) is 2.23. The Kier molecular flexibility index (Phi) is 2.25. The topological polar surface area (TPSA) is 29.9 Å². The predicted octanol–water partition coefficient (Wildman–Crippen LogP) is 2.11. The second kappa shape index (κ2) is 3.30. The standard InChI is InChI=1S/C11H19N3/c1-7(2)10-6-5-9-8(3)13-14(4)11(9)12-10/h7,10,12H,5-6H2,1-4H3. The number of nitrogens with zero attached hydrogens (tertiary/aromatic N) is 2. The molecule has 0 fully saturated rings. The van der Waals surface area contributed by atoms with Gasteiger partial charge in [-0.1, -0.05) is 13.8 Å². The lowest BCUT2D eigenvalue weighted by Crippen LogP contribution is -2.31. The molecule has 2 rings (SSSR count). The fraction of sp³-hybridized carbons (Fsp3) is 0.727. The number of anilines is 1. The zero-order valence-corrected chi connectivity index (χ0v) is 9.46. The number of fused-ring (bicyclic) bond motifs is 1. The molecule has 3 heteroatoms. The van der Waals surface area contributed by atoms with Gasteiger partial charge in [0.05, 0.1) is 5.69 Å².